The summed E-state index contributed by atoms with van der Waals surface area (Å²) in [6.45, 7) is 2.46. The normalized spacial score (nSPS) is 29.6. The van der Waals surface area contributed by atoms with Gasteiger partial charge in [0.2, 0.25) is 5.92 Å². The number of carbonyl (C=O) groups excluding carboxylic acids is 1. The zero-order valence-electron chi connectivity index (χ0n) is 16.8. The summed E-state index contributed by atoms with van der Waals surface area (Å²) in [6, 6.07) is 8.51. The Hall–Kier alpha value is -2.59. The highest BCUT2D eigenvalue weighted by molar-refractivity contribution is 6.27. The molecule has 3 unspecified atom stereocenters. The summed E-state index contributed by atoms with van der Waals surface area (Å²) in [6.07, 6.45) is -0.590. The summed E-state index contributed by atoms with van der Waals surface area (Å²) >= 11 is 0. The fourth-order valence-corrected chi connectivity index (χ4v) is 4.75. The summed E-state index contributed by atoms with van der Waals surface area (Å²) in [4.78, 5) is 31.1. The van der Waals surface area contributed by atoms with Crippen molar-refractivity contribution in [2.45, 2.75) is 30.8 Å². The second-order valence-corrected chi connectivity index (χ2v) is 8.40. The van der Waals surface area contributed by atoms with Crippen molar-refractivity contribution in [1.82, 2.24) is 10.6 Å². The lowest BCUT2D eigenvalue weighted by Crippen LogP contribution is -2.50. The molecule has 0 spiro atoms. The number of carbonyl (C=O) groups is 3. The van der Waals surface area contributed by atoms with E-state index in [0.717, 1.165) is 13.1 Å². The van der Waals surface area contributed by atoms with E-state index in [-0.39, 0.29) is 12.8 Å². The van der Waals surface area contributed by atoms with Crippen LogP contribution in [0.1, 0.15) is 24.8 Å². The van der Waals surface area contributed by atoms with Crippen molar-refractivity contribution in [3.05, 3.63) is 35.9 Å². The van der Waals surface area contributed by atoms with Crippen molar-refractivity contribution in [2.24, 2.45) is 23.7 Å². The van der Waals surface area contributed by atoms with Gasteiger partial charge in [-0.25, -0.2) is 18.4 Å². The van der Waals surface area contributed by atoms with E-state index in [4.69, 9.17) is 19.8 Å². The van der Waals surface area contributed by atoms with Gasteiger partial charge in [-0.2, -0.15) is 0 Å². The Morgan fingerprint density at radius 2 is 1.68 bits per heavy atom. The fraction of sp³-hybridized carbons (Fsp3) is 0.571. The molecule has 0 radical (unpaired) electrons. The van der Waals surface area contributed by atoms with E-state index in [1.807, 2.05) is 0 Å². The lowest BCUT2D eigenvalue weighted by Gasteiger charge is -2.33. The van der Waals surface area contributed by atoms with E-state index >= 15 is 0 Å². The van der Waals surface area contributed by atoms with Crippen LogP contribution in [0.4, 0.5) is 8.78 Å². The minimum atomic E-state index is -2.81. The Morgan fingerprint density at radius 3 is 2.16 bits per heavy atom. The van der Waals surface area contributed by atoms with E-state index in [0.29, 0.717) is 29.9 Å². The summed E-state index contributed by atoms with van der Waals surface area (Å²) < 4.78 is 27.5. The van der Waals surface area contributed by atoms with Crippen molar-refractivity contribution in [2.75, 3.05) is 19.6 Å². The van der Waals surface area contributed by atoms with Gasteiger partial charge in [0.05, 0.1) is 0 Å². The Kier molecular flexibility index (Phi) is 6.61. The number of alkyl halides is 2. The molecule has 3 aliphatic rings. The molecule has 1 amide bonds. The quantitative estimate of drug-likeness (QED) is 0.432. The molecule has 5 atom stereocenters. The van der Waals surface area contributed by atoms with Crippen LogP contribution in [0.5, 0.6) is 0 Å². The molecule has 10 heteroatoms. The smallest absolute Gasteiger partial charge is 0.414 e. The third-order valence-electron chi connectivity index (χ3n) is 6.50. The lowest BCUT2D eigenvalue weighted by atomic mass is 9.79. The molecule has 170 valence electrons. The van der Waals surface area contributed by atoms with Gasteiger partial charge in [0.1, 0.15) is 0 Å². The molecule has 2 aliphatic carbocycles. The molecule has 0 aromatic heterocycles. The topological polar surface area (TPSA) is 136 Å². The van der Waals surface area contributed by atoms with Crippen molar-refractivity contribution in [3.63, 3.8) is 0 Å². The number of aliphatic carboxylic acids is 2. The number of amides is 1. The van der Waals surface area contributed by atoms with E-state index < -0.39 is 41.7 Å². The van der Waals surface area contributed by atoms with E-state index in [1.54, 1.807) is 30.3 Å². The average Bonchev–Trinajstić information content (AvgIpc) is 3.05. The maximum Gasteiger partial charge on any atom is 0.414 e. The number of carboxylic acids is 2. The molecular formula is C21H26F2N2O6. The predicted molar refractivity (Wildman–Crippen MR) is 104 cm³/mol. The average molecular weight is 440 g/mol. The molecule has 1 heterocycles. The van der Waals surface area contributed by atoms with Gasteiger partial charge in [-0.05, 0) is 42.8 Å². The molecule has 31 heavy (non-hydrogen) atoms. The largest absolute Gasteiger partial charge is 0.473 e. The zero-order chi connectivity index (χ0) is 22.8. The SMILES string of the molecule is O=C(NCC1[C@H]2CNC[C@@H]12)C(O)(c1ccccc1)C1CCC(F)(F)C1.O=C(O)C(=O)O. The molecule has 0 bridgehead atoms. The third-order valence-corrected chi connectivity index (χ3v) is 6.50. The molecule has 1 aromatic carbocycles. The van der Waals surface area contributed by atoms with Gasteiger partial charge in [0, 0.05) is 25.3 Å². The van der Waals surface area contributed by atoms with Crippen molar-refractivity contribution >= 4 is 17.8 Å². The first-order chi connectivity index (χ1) is 14.6. The van der Waals surface area contributed by atoms with Crippen molar-refractivity contribution < 1.29 is 38.5 Å². The summed E-state index contributed by atoms with van der Waals surface area (Å²) in [5.41, 5.74) is -1.50. The number of nitrogens with one attached hydrogen (secondary N) is 2. The first kappa shape index (κ1) is 23.1. The summed E-state index contributed by atoms with van der Waals surface area (Å²) in [5, 5.41) is 32.2. The molecule has 1 saturated heterocycles. The number of halogens is 2. The van der Waals surface area contributed by atoms with Crippen molar-refractivity contribution in [3.8, 4) is 0 Å². The molecule has 2 saturated carbocycles. The van der Waals surface area contributed by atoms with Crippen LogP contribution in [0.25, 0.3) is 0 Å². The number of piperidine rings is 1. The first-order valence-corrected chi connectivity index (χ1v) is 10.2. The minimum absolute atomic E-state index is 0.143. The number of carboxylic acid groups (broad SMARTS) is 2. The van der Waals surface area contributed by atoms with Crippen LogP contribution in [0, 0.1) is 23.7 Å². The summed E-state index contributed by atoms with van der Waals surface area (Å²) in [7, 11) is 0. The van der Waals surface area contributed by atoms with Crippen LogP contribution in [0.2, 0.25) is 0 Å². The van der Waals surface area contributed by atoms with Gasteiger partial charge < -0.3 is 26.0 Å². The van der Waals surface area contributed by atoms with Crippen LogP contribution in [0.15, 0.2) is 30.3 Å². The maximum atomic E-state index is 13.7. The highest BCUT2D eigenvalue weighted by Crippen LogP contribution is 2.49. The maximum absolute atomic E-state index is 13.7. The van der Waals surface area contributed by atoms with Crippen LogP contribution in [0.3, 0.4) is 0 Å². The zero-order valence-corrected chi connectivity index (χ0v) is 16.8. The number of hydrogen-bond donors (Lipinski definition) is 5. The van der Waals surface area contributed by atoms with Crippen LogP contribution >= 0.6 is 0 Å². The molecule has 8 nitrogen and oxygen atoms in total. The lowest BCUT2D eigenvalue weighted by molar-refractivity contribution is -0.159. The molecule has 3 fully saturated rings. The van der Waals surface area contributed by atoms with E-state index in [2.05, 4.69) is 10.6 Å². The number of hydrogen-bond acceptors (Lipinski definition) is 5. The van der Waals surface area contributed by atoms with Crippen LogP contribution in [-0.2, 0) is 20.0 Å². The Balaban J connectivity index is 0.000000401. The molecule has 1 aliphatic heterocycles. The van der Waals surface area contributed by atoms with Crippen LogP contribution in [-0.4, -0.2) is 58.7 Å². The number of rotatable bonds is 5. The Labute approximate surface area is 177 Å². The van der Waals surface area contributed by atoms with E-state index in [1.165, 1.54) is 0 Å². The molecule has 4 rings (SSSR count). The Morgan fingerprint density at radius 1 is 1.10 bits per heavy atom. The molecular weight excluding hydrogens is 414 g/mol. The van der Waals surface area contributed by atoms with Gasteiger partial charge in [-0.1, -0.05) is 30.3 Å². The number of fused-ring (bicyclic) bond motifs is 1. The van der Waals surface area contributed by atoms with Gasteiger partial charge in [0.15, 0.2) is 5.60 Å². The van der Waals surface area contributed by atoms with Gasteiger partial charge >= 0.3 is 11.9 Å². The first-order valence-electron chi connectivity index (χ1n) is 10.2. The number of aliphatic hydroxyl groups is 1. The highest BCUT2D eigenvalue weighted by Gasteiger charge is 2.55. The fourth-order valence-electron chi connectivity index (χ4n) is 4.75. The van der Waals surface area contributed by atoms with Gasteiger partial charge in [-0.15, -0.1) is 0 Å². The van der Waals surface area contributed by atoms with Gasteiger partial charge in [0.25, 0.3) is 5.91 Å². The monoisotopic (exact) mass is 440 g/mol. The van der Waals surface area contributed by atoms with Crippen LogP contribution < -0.4 is 10.6 Å². The minimum Gasteiger partial charge on any atom is -0.473 e. The summed E-state index contributed by atoms with van der Waals surface area (Å²) in [5.74, 6) is -6.14. The standard InChI is InChI=1S/C19H24F2N2O2.C2H2O4/c20-18(21)7-6-13(8-18)19(25,12-4-2-1-3-5-12)17(24)23-11-16-14-9-22-10-15(14)16;3-1(4)2(5)6/h1-5,13-16,22,25H,6-11H2,(H,23,24);(H,3,4)(H,5,6)/t13?,14-,15+,16?,19?;. The second kappa shape index (κ2) is 8.88. The predicted octanol–water partition coefficient (Wildman–Crippen LogP) is 1.05. The molecule has 1 aromatic rings. The highest BCUT2D eigenvalue weighted by atomic mass is 19.3. The van der Waals surface area contributed by atoms with Gasteiger partial charge in [-0.3, -0.25) is 4.79 Å². The third kappa shape index (κ3) is 5.01. The Bertz CT molecular complexity index is 814. The van der Waals surface area contributed by atoms with E-state index in [9.17, 15) is 18.7 Å². The molecule has 5 N–H and O–H groups in total. The number of benzene rings is 1. The van der Waals surface area contributed by atoms with Crippen molar-refractivity contribution in [1.29, 1.82) is 0 Å². The second-order valence-electron chi connectivity index (χ2n) is 8.40.